The van der Waals surface area contributed by atoms with E-state index in [1.165, 1.54) is 0 Å². The van der Waals surface area contributed by atoms with Gasteiger partial charge in [-0.1, -0.05) is 18.2 Å². The first kappa shape index (κ1) is 14.2. The van der Waals surface area contributed by atoms with E-state index in [1.54, 1.807) is 37.4 Å². The smallest absolute Gasteiger partial charge is 0.119 e. The zero-order valence-electron chi connectivity index (χ0n) is 11.3. The first-order chi connectivity index (χ1) is 9.74. The normalized spacial score (nSPS) is 11.9. The van der Waals surface area contributed by atoms with Gasteiger partial charge in [0.25, 0.3) is 0 Å². The number of rotatable bonds is 6. The minimum Gasteiger partial charge on any atom is -0.508 e. The Labute approximate surface area is 118 Å². The molecule has 1 atom stereocenters. The van der Waals surface area contributed by atoms with Crippen LogP contribution in [0, 0.1) is 0 Å². The summed E-state index contributed by atoms with van der Waals surface area (Å²) < 4.78 is 10.7. The summed E-state index contributed by atoms with van der Waals surface area (Å²) in [4.78, 5) is 0. The maximum absolute atomic E-state index is 9.79. The van der Waals surface area contributed by atoms with Crippen LogP contribution < -0.4 is 9.47 Å². The third kappa shape index (κ3) is 3.42. The molecule has 4 heteroatoms. The minimum atomic E-state index is -0.265. The van der Waals surface area contributed by atoms with Gasteiger partial charge < -0.3 is 19.7 Å². The molecule has 2 rings (SSSR count). The fourth-order valence-electron chi connectivity index (χ4n) is 1.94. The zero-order valence-corrected chi connectivity index (χ0v) is 11.3. The lowest BCUT2D eigenvalue weighted by Crippen LogP contribution is -2.14. The molecule has 0 amide bonds. The Morgan fingerprint density at radius 3 is 2.25 bits per heavy atom. The Morgan fingerprint density at radius 2 is 1.65 bits per heavy atom. The van der Waals surface area contributed by atoms with Gasteiger partial charge in [0.2, 0.25) is 0 Å². The first-order valence-electron chi connectivity index (χ1n) is 6.40. The quantitative estimate of drug-likeness (QED) is 0.850. The van der Waals surface area contributed by atoms with Gasteiger partial charge in [0.15, 0.2) is 0 Å². The topological polar surface area (TPSA) is 58.9 Å². The number of ether oxygens (including phenoxy) is 2. The fraction of sp³-hybridized carbons (Fsp3) is 0.250. The van der Waals surface area contributed by atoms with Crippen LogP contribution in [0.1, 0.15) is 11.5 Å². The van der Waals surface area contributed by atoms with E-state index in [-0.39, 0.29) is 18.3 Å². The number of methoxy groups -OCH3 is 1. The van der Waals surface area contributed by atoms with Crippen molar-refractivity contribution in [1.29, 1.82) is 0 Å². The van der Waals surface area contributed by atoms with Gasteiger partial charge in [0.1, 0.15) is 17.2 Å². The number of hydrogen-bond donors (Lipinski definition) is 2. The maximum atomic E-state index is 9.79. The van der Waals surface area contributed by atoms with Gasteiger partial charge in [-0.25, -0.2) is 0 Å². The molecule has 0 fully saturated rings. The number of phenolic OH excluding ortho intramolecular Hbond substituents is 1. The van der Waals surface area contributed by atoms with Crippen molar-refractivity contribution < 1.29 is 19.7 Å². The van der Waals surface area contributed by atoms with Crippen molar-refractivity contribution in [1.82, 2.24) is 0 Å². The van der Waals surface area contributed by atoms with Crippen LogP contribution in [0.5, 0.6) is 17.2 Å². The Hall–Kier alpha value is -2.20. The number of aliphatic hydroxyl groups is 1. The molecule has 1 unspecified atom stereocenters. The number of hydrogen-bond acceptors (Lipinski definition) is 4. The molecule has 106 valence electrons. The van der Waals surface area contributed by atoms with Gasteiger partial charge in [-0.15, -0.1) is 0 Å². The third-order valence-electron chi connectivity index (χ3n) is 3.11. The van der Waals surface area contributed by atoms with E-state index < -0.39 is 0 Å². The lowest BCUT2D eigenvalue weighted by atomic mass is 10.00. The average molecular weight is 274 g/mol. The molecule has 2 N–H and O–H groups in total. The van der Waals surface area contributed by atoms with E-state index in [2.05, 4.69) is 0 Å². The fourth-order valence-corrected chi connectivity index (χ4v) is 1.94. The summed E-state index contributed by atoms with van der Waals surface area (Å²) >= 11 is 0. The van der Waals surface area contributed by atoms with E-state index in [1.807, 2.05) is 18.2 Å². The molecule has 4 nitrogen and oxygen atoms in total. The molecule has 0 aliphatic heterocycles. The highest BCUT2D eigenvalue weighted by Gasteiger charge is 2.15. The van der Waals surface area contributed by atoms with E-state index in [0.717, 1.165) is 5.75 Å². The second kappa shape index (κ2) is 6.82. The third-order valence-corrected chi connectivity index (χ3v) is 3.11. The van der Waals surface area contributed by atoms with E-state index in [9.17, 15) is 10.2 Å². The Morgan fingerprint density at radius 1 is 1.00 bits per heavy atom. The number of phenols is 1. The summed E-state index contributed by atoms with van der Waals surface area (Å²) in [6, 6.07) is 14.2. The lowest BCUT2D eigenvalue weighted by molar-refractivity contribution is 0.202. The predicted molar refractivity (Wildman–Crippen MR) is 76.4 cm³/mol. The van der Waals surface area contributed by atoms with Crippen LogP contribution >= 0.6 is 0 Å². The summed E-state index contributed by atoms with van der Waals surface area (Å²) in [6.45, 7) is 0.203. The molecule has 0 radical (unpaired) electrons. The van der Waals surface area contributed by atoms with Crippen molar-refractivity contribution >= 4 is 0 Å². The lowest BCUT2D eigenvalue weighted by Gasteiger charge is -2.17. The Balaban J connectivity index is 2.02. The van der Waals surface area contributed by atoms with Crippen molar-refractivity contribution in [2.45, 2.75) is 5.92 Å². The largest absolute Gasteiger partial charge is 0.508 e. The molecular formula is C16H18O4. The molecule has 0 saturated heterocycles. The number of aromatic hydroxyl groups is 1. The van der Waals surface area contributed by atoms with Crippen molar-refractivity contribution in [3.8, 4) is 17.2 Å². The Bertz CT molecular complexity index is 536. The number of aliphatic hydroxyl groups excluding tert-OH is 1. The van der Waals surface area contributed by atoms with Crippen molar-refractivity contribution in [3.05, 3.63) is 54.1 Å². The zero-order chi connectivity index (χ0) is 14.4. The Kier molecular flexibility index (Phi) is 4.85. The van der Waals surface area contributed by atoms with Crippen LogP contribution in [0.15, 0.2) is 48.5 Å². The monoisotopic (exact) mass is 274 g/mol. The second-order valence-corrected chi connectivity index (χ2v) is 4.42. The van der Waals surface area contributed by atoms with Gasteiger partial charge >= 0.3 is 0 Å². The average Bonchev–Trinajstić information content (AvgIpc) is 2.50. The summed E-state index contributed by atoms with van der Waals surface area (Å²) in [5, 5.41) is 19.2. The van der Waals surface area contributed by atoms with Crippen molar-refractivity contribution in [3.63, 3.8) is 0 Å². The number of para-hydroxylation sites is 1. The second-order valence-electron chi connectivity index (χ2n) is 4.42. The molecule has 0 spiro atoms. The minimum absolute atomic E-state index is 0.0896. The SMILES string of the molecule is COc1ccc(OCC(CO)c2ccccc2O)cc1. The molecule has 0 aliphatic carbocycles. The molecule has 0 saturated carbocycles. The number of benzene rings is 2. The van der Waals surface area contributed by atoms with E-state index in [0.29, 0.717) is 17.9 Å². The summed E-state index contributed by atoms with van der Waals surface area (Å²) in [7, 11) is 1.61. The standard InChI is InChI=1S/C16H18O4/c1-19-13-6-8-14(9-7-13)20-11-12(10-17)15-4-2-3-5-16(15)18/h2-9,12,17-18H,10-11H2,1H3. The van der Waals surface area contributed by atoms with E-state index in [4.69, 9.17) is 9.47 Å². The molecule has 2 aromatic rings. The predicted octanol–water partition coefficient (Wildman–Crippen LogP) is 2.56. The van der Waals surface area contributed by atoms with Crippen molar-refractivity contribution in [2.24, 2.45) is 0 Å². The van der Waals surface area contributed by atoms with Crippen molar-refractivity contribution in [2.75, 3.05) is 20.3 Å². The molecule has 0 aromatic heterocycles. The van der Waals surface area contributed by atoms with Crippen LogP contribution in [0.25, 0.3) is 0 Å². The van der Waals surface area contributed by atoms with Crippen LogP contribution in [0.3, 0.4) is 0 Å². The van der Waals surface area contributed by atoms with Crippen LogP contribution in [0.2, 0.25) is 0 Å². The molecule has 2 aromatic carbocycles. The molecule has 20 heavy (non-hydrogen) atoms. The van der Waals surface area contributed by atoms with E-state index >= 15 is 0 Å². The molecule has 0 aliphatic rings. The highest BCUT2D eigenvalue weighted by Crippen LogP contribution is 2.26. The summed E-state index contributed by atoms with van der Waals surface area (Å²) in [5.41, 5.74) is 0.684. The highest BCUT2D eigenvalue weighted by atomic mass is 16.5. The van der Waals surface area contributed by atoms with Crippen LogP contribution in [-0.4, -0.2) is 30.5 Å². The maximum Gasteiger partial charge on any atom is 0.119 e. The van der Waals surface area contributed by atoms with Gasteiger partial charge in [-0.3, -0.25) is 0 Å². The summed E-state index contributed by atoms with van der Waals surface area (Å²) in [5.74, 6) is 1.36. The van der Waals surface area contributed by atoms with Crippen LogP contribution in [-0.2, 0) is 0 Å². The molecular weight excluding hydrogens is 256 g/mol. The first-order valence-corrected chi connectivity index (χ1v) is 6.40. The van der Waals surface area contributed by atoms with Gasteiger partial charge in [0.05, 0.1) is 20.3 Å². The molecule has 0 heterocycles. The van der Waals surface area contributed by atoms with Gasteiger partial charge in [0, 0.05) is 11.5 Å². The van der Waals surface area contributed by atoms with Crippen LogP contribution in [0.4, 0.5) is 0 Å². The summed E-state index contributed by atoms with van der Waals surface area (Å²) in [6.07, 6.45) is 0. The molecule has 0 bridgehead atoms. The van der Waals surface area contributed by atoms with Gasteiger partial charge in [-0.2, -0.15) is 0 Å². The highest BCUT2D eigenvalue weighted by molar-refractivity contribution is 5.35. The van der Waals surface area contributed by atoms with Gasteiger partial charge in [-0.05, 0) is 30.3 Å².